The van der Waals surface area contributed by atoms with E-state index in [9.17, 15) is 0 Å². The van der Waals surface area contributed by atoms with Crippen LogP contribution < -0.4 is 14.8 Å². The van der Waals surface area contributed by atoms with Crippen molar-refractivity contribution < 1.29 is 9.47 Å². The van der Waals surface area contributed by atoms with Crippen molar-refractivity contribution in [1.29, 1.82) is 0 Å². The lowest BCUT2D eigenvalue weighted by Gasteiger charge is -2.20. The molecular weight excluding hydrogens is 274 g/mol. The summed E-state index contributed by atoms with van der Waals surface area (Å²) in [5.41, 5.74) is 1.06. The lowest BCUT2D eigenvalue weighted by molar-refractivity contribution is 0.387. The minimum Gasteiger partial charge on any atom is -0.497 e. The Balaban J connectivity index is 2.37. The average Bonchev–Trinajstić information content (AvgIpc) is 3.02. The van der Waals surface area contributed by atoms with Crippen LogP contribution in [0.4, 0.5) is 0 Å². The number of benzene rings is 1. The standard InChI is InChI=1S/C14H19N3O2S/c1-4-7-15-14(13-9-16-17-20-13)11-6-5-10(18-2)8-12(11)19-3/h5-6,8-9,14-15H,4,7H2,1-3H3. The average molecular weight is 293 g/mol. The number of rotatable bonds is 7. The maximum absolute atomic E-state index is 5.49. The van der Waals surface area contributed by atoms with Gasteiger partial charge < -0.3 is 14.8 Å². The lowest BCUT2D eigenvalue weighted by Crippen LogP contribution is -2.23. The molecule has 20 heavy (non-hydrogen) atoms. The van der Waals surface area contributed by atoms with Crippen LogP contribution in [0.2, 0.25) is 0 Å². The predicted octanol–water partition coefficient (Wildman–Crippen LogP) is 2.64. The van der Waals surface area contributed by atoms with Crippen molar-refractivity contribution in [1.82, 2.24) is 14.9 Å². The number of nitrogens with zero attached hydrogens (tertiary/aromatic N) is 2. The Morgan fingerprint density at radius 3 is 2.75 bits per heavy atom. The van der Waals surface area contributed by atoms with Crippen LogP contribution in [0.25, 0.3) is 0 Å². The van der Waals surface area contributed by atoms with E-state index in [1.54, 1.807) is 20.4 Å². The third kappa shape index (κ3) is 3.26. The zero-order valence-electron chi connectivity index (χ0n) is 11.9. The van der Waals surface area contributed by atoms with E-state index in [0.29, 0.717) is 0 Å². The van der Waals surface area contributed by atoms with E-state index in [2.05, 4.69) is 21.8 Å². The summed E-state index contributed by atoms with van der Waals surface area (Å²) >= 11 is 1.40. The van der Waals surface area contributed by atoms with Gasteiger partial charge in [0, 0.05) is 11.6 Å². The zero-order valence-corrected chi connectivity index (χ0v) is 12.7. The van der Waals surface area contributed by atoms with Gasteiger partial charge >= 0.3 is 0 Å². The van der Waals surface area contributed by atoms with Gasteiger partial charge in [-0.1, -0.05) is 11.4 Å². The van der Waals surface area contributed by atoms with Gasteiger partial charge in [0.05, 0.1) is 31.3 Å². The fraction of sp³-hybridized carbons (Fsp3) is 0.429. The number of nitrogens with one attached hydrogen (secondary N) is 1. The lowest BCUT2D eigenvalue weighted by atomic mass is 10.0. The second-order valence-corrected chi connectivity index (χ2v) is 5.13. The number of hydrogen-bond acceptors (Lipinski definition) is 6. The van der Waals surface area contributed by atoms with E-state index in [1.807, 2.05) is 18.2 Å². The summed E-state index contributed by atoms with van der Waals surface area (Å²) in [6.45, 7) is 3.05. The van der Waals surface area contributed by atoms with Crippen molar-refractivity contribution in [3.05, 3.63) is 34.8 Å². The first kappa shape index (κ1) is 14.7. The first-order chi connectivity index (χ1) is 9.80. The number of methoxy groups -OCH3 is 2. The highest BCUT2D eigenvalue weighted by atomic mass is 32.1. The van der Waals surface area contributed by atoms with Crippen LogP contribution in [-0.2, 0) is 0 Å². The summed E-state index contributed by atoms with van der Waals surface area (Å²) in [6, 6.07) is 5.89. The monoisotopic (exact) mass is 293 g/mol. The van der Waals surface area contributed by atoms with Gasteiger partial charge in [-0.15, -0.1) is 5.10 Å². The number of hydrogen-bond donors (Lipinski definition) is 1. The van der Waals surface area contributed by atoms with Crippen molar-refractivity contribution in [3.8, 4) is 11.5 Å². The predicted molar refractivity (Wildman–Crippen MR) is 79.6 cm³/mol. The molecule has 2 rings (SSSR count). The molecule has 0 aliphatic rings. The van der Waals surface area contributed by atoms with Gasteiger partial charge in [-0.25, -0.2) is 0 Å². The Morgan fingerprint density at radius 2 is 2.15 bits per heavy atom. The molecule has 2 aromatic rings. The molecule has 0 amide bonds. The van der Waals surface area contributed by atoms with Crippen LogP contribution in [-0.4, -0.2) is 30.4 Å². The maximum atomic E-state index is 5.49. The molecule has 0 spiro atoms. The molecule has 1 N–H and O–H groups in total. The summed E-state index contributed by atoms with van der Waals surface area (Å²) in [6.07, 6.45) is 2.85. The topological polar surface area (TPSA) is 56.3 Å². The minimum atomic E-state index is 0.0378. The van der Waals surface area contributed by atoms with E-state index in [0.717, 1.165) is 34.9 Å². The Morgan fingerprint density at radius 1 is 1.30 bits per heavy atom. The first-order valence-corrected chi connectivity index (χ1v) is 7.30. The molecular formula is C14H19N3O2S. The van der Waals surface area contributed by atoms with E-state index in [4.69, 9.17) is 9.47 Å². The Labute approximate surface area is 123 Å². The molecule has 0 aliphatic carbocycles. The summed E-state index contributed by atoms with van der Waals surface area (Å²) in [4.78, 5) is 1.07. The van der Waals surface area contributed by atoms with Gasteiger partial charge in [0.2, 0.25) is 0 Å². The van der Waals surface area contributed by atoms with Crippen LogP contribution in [0.3, 0.4) is 0 Å². The maximum Gasteiger partial charge on any atom is 0.127 e. The van der Waals surface area contributed by atoms with Crippen LogP contribution in [0.1, 0.15) is 29.8 Å². The molecule has 6 heteroatoms. The van der Waals surface area contributed by atoms with Gasteiger partial charge in [0.15, 0.2) is 0 Å². The Hall–Kier alpha value is -1.66. The van der Waals surface area contributed by atoms with Crippen molar-refractivity contribution >= 4 is 11.5 Å². The highest BCUT2D eigenvalue weighted by Gasteiger charge is 2.20. The molecule has 0 fully saturated rings. The largest absolute Gasteiger partial charge is 0.497 e. The molecule has 0 saturated heterocycles. The van der Waals surface area contributed by atoms with Gasteiger partial charge in [-0.05, 0) is 36.6 Å². The molecule has 1 heterocycles. The normalized spacial score (nSPS) is 12.2. The second-order valence-electron chi connectivity index (χ2n) is 4.31. The van der Waals surface area contributed by atoms with E-state index >= 15 is 0 Å². The molecule has 1 unspecified atom stereocenters. The molecule has 0 bridgehead atoms. The zero-order chi connectivity index (χ0) is 14.4. The van der Waals surface area contributed by atoms with Gasteiger partial charge in [-0.3, -0.25) is 0 Å². The molecule has 0 saturated carbocycles. The third-order valence-corrected chi connectivity index (χ3v) is 3.74. The van der Waals surface area contributed by atoms with E-state index in [-0.39, 0.29) is 6.04 Å². The van der Waals surface area contributed by atoms with Crippen LogP contribution >= 0.6 is 11.5 Å². The number of ether oxygens (including phenoxy) is 2. The molecule has 108 valence electrons. The van der Waals surface area contributed by atoms with Crippen LogP contribution in [0.15, 0.2) is 24.4 Å². The molecule has 1 aromatic heterocycles. The third-order valence-electron chi connectivity index (χ3n) is 3.01. The van der Waals surface area contributed by atoms with E-state index in [1.165, 1.54) is 11.5 Å². The Bertz CT molecular complexity index is 531. The van der Waals surface area contributed by atoms with Gasteiger partial charge in [0.1, 0.15) is 11.5 Å². The van der Waals surface area contributed by atoms with Crippen molar-refractivity contribution in [3.63, 3.8) is 0 Å². The van der Waals surface area contributed by atoms with E-state index < -0.39 is 0 Å². The van der Waals surface area contributed by atoms with Crippen molar-refractivity contribution in [2.75, 3.05) is 20.8 Å². The molecule has 0 radical (unpaired) electrons. The SMILES string of the molecule is CCCNC(c1cnns1)c1ccc(OC)cc1OC. The van der Waals surface area contributed by atoms with Crippen LogP contribution in [0.5, 0.6) is 11.5 Å². The van der Waals surface area contributed by atoms with Gasteiger partial charge in [-0.2, -0.15) is 0 Å². The van der Waals surface area contributed by atoms with Crippen molar-refractivity contribution in [2.24, 2.45) is 0 Å². The molecule has 5 nitrogen and oxygen atoms in total. The molecule has 1 atom stereocenters. The Kier molecular flexibility index (Phi) is 5.31. The highest BCUT2D eigenvalue weighted by molar-refractivity contribution is 7.05. The first-order valence-electron chi connectivity index (χ1n) is 6.52. The fourth-order valence-corrected chi connectivity index (χ4v) is 2.61. The van der Waals surface area contributed by atoms with Crippen molar-refractivity contribution in [2.45, 2.75) is 19.4 Å². The summed E-state index contributed by atoms with van der Waals surface area (Å²) < 4.78 is 14.7. The minimum absolute atomic E-state index is 0.0378. The molecule has 0 aliphatic heterocycles. The second kappa shape index (κ2) is 7.21. The summed E-state index contributed by atoms with van der Waals surface area (Å²) in [7, 11) is 3.31. The smallest absolute Gasteiger partial charge is 0.127 e. The molecule has 1 aromatic carbocycles. The quantitative estimate of drug-likeness (QED) is 0.850. The highest BCUT2D eigenvalue weighted by Crippen LogP contribution is 2.33. The number of aromatic nitrogens is 2. The summed E-state index contributed by atoms with van der Waals surface area (Å²) in [5.74, 6) is 1.58. The van der Waals surface area contributed by atoms with Gasteiger partial charge in [0.25, 0.3) is 0 Å². The fourth-order valence-electron chi connectivity index (χ4n) is 2.01. The van der Waals surface area contributed by atoms with Crippen LogP contribution in [0, 0.1) is 0 Å². The summed E-state index contributed by atoms with van der Waals surface area (Å²) in [5, 5.41) is 7.44.